The third kappa shape index (κ3) is 3.21. The molecular weight excluding hydrogens is 498 g/mol. The average Bonchev–Trinajstić information content (AvgIpc) is 3.44. The number of benzene rings is 2. The molecule has 1 saturated heterocycles. The van der Waals surface area contributed by atoms with E-state index in [0.29, 0.717) is 4.90 Å². The highest BCUT2D eigenvalue weighted by Crippen LogP contribution is 2.60. The quantitative estimate of drug-likeness (QED) is 0.324. The molecule has 5 rings (SSSR count). The first-order valence-electron chi connectivity index (χ1n) is 11.4. The van der Waals surface area contributed by atoms with Crippen molar-refractivity contribution < 1.29 is 41.8 Å². The van der Waals surface area contributed by atoms with Crippen molar-refractivity contribution in [3.63, 3.8) is 0 Å². The minimum absolute atomic E-state index is 0.00994. The van der Waals surface area contributed by atoms with Crippen LogP contribution in [0, 0.1) is 11.7 Å². The molecule has 194 valence electrons. The van der Waals surface area contributed by atoms with Crippen LogP contribution in [0.4, 0.5) is 23.2 Å². The molecule has 2 aromatic carbocycles. The van der Waals surface area contributed by atoms with Crippen molar-refractivity contribution in [2.75, 3.05) is 25.0 Å². The van der Waals surface area contributed by atoms with Gasteiger partial charge in [0.2, 0.25) is 5.91 Å². The van der Waals surface area contributed by atoms with E-state index in [1.165, 1.54) is 31.2 Å². The van der Waals surface area contributed by atoms with E-state index >= 15 is 0 Å². The van der Waals surface area contributed by atoms with Crippen molar-refractivity contribution >= 4 is 23.3 Å². The fraction of sp³-hybridized carbons (Fsp3) is 0.320. The highest BCUT2D eigenvalue weighted by Gasteiger charge is 2.78. The van der Waals surface area contributed by atoms with Crippen molar-refractivity contribution in [2.45, 2.75) is 24.2 Å². The number of hydrogen-bond acceptors (Lipinski definition) is 7. The summed E-state index contributed by atoms with van der Waals surface area (Å²) in [5, 5.41) is 16.6. The number of nitrogens with zero attached hydrogens (tertiary/aromatic N) is 1. The molecule has 1 spiro atoms. The van der Waals surface area contributed by atoms with E-state index < -0.39 is 70.2 Å². The number of amides is 1. The van der Waals surface area contributed by atoms with Crippen LogP contribution in [0.5, 0.6) is 0 Å². The molecule has 1 fully saturated rings. The molecule has 37 heavy (non-hydrogen) atoms. The van der Waals surface area contributed by atoms with Gasteiger partial charge in [0, 0.05) is 24.3 Å². The molecule has 12 heteroatoms. The number of anilines is 1. The lowest BCUT2D eigenvalue weighted by Crippen LogP contribution is -2.73. The maximum atomic E-state index is 14.8. The summed E-state index contributed by atoms with van der Waals surface area (Å²) in [4.78, 5) is 41.7. The first-order chi connectivity index (χ1) is 17.5. The lowest BCUT2D eigenvalue weighted by molar-refractivity contribution is -0.334. The summed E-state index contributed by atoms with van der Waals surface area (Å²) in [6, 6.07) is 10.3. The number of halogens is 4. The number of aliphatic hydroxyl groups is 1. The number of ether oxygens (including phenoxy) is 1. The average molecular weight is 519 g/mol. The zero-order valence-electron chi connectivity index (χ0n) is 19.4. The number of hydrogen-bond donors (Lipinski definition) is 3. The Labute approximate surface area is 207 Å². The Kier molecular flexibility index (Phi) is 5.55. The minimum atomic E-state index is -5.51. The van der Waals surface area contributed by atoms with Crippen molar-refractivity contribution in [2.24, 2.45) is 5.92 Å². The highest BCUT2D eigenvalue weighted by atomic mass is 19.4. The number of carbonyl (C=O) groups is 3. The van der Waals surface area contributed by atoms with Crippen LogP contribution in [-0.4, -0.2) is 59.3 Å². The molecule has 0 aromatic heterocycles. The van der Waals surface area contributed by atoms with Gasteiger partial charge in [-0.2, -0.15) is 13.2 Å². The van der Waals surface area contributed by atoms with Crippen LogP contribution in [-0.2, 0) is 19.7 Å². The van der Waals surface area contributed by atoms with E-state index in [-0.39, 0.29) is 24.4 Å². The van der Waals surface area contributed by atoms with Crippen molar-refractivity contribution in [1.82, 2.24) is 10.2 Å². The summed E-state index contributed by atoms with van der Waals surface area (Å²) in [5.74, 6) is -7.75. The van der Waals surface area contributed by atoms with Crippen molar-refractivity contribution in [1.29, 1.82) is 0 Å². The highest BCUT2D eigenvalue weighted by molar-refractivity contribution is 6.22. The zero-order valence-corrected chi connectivity index (χ0v) is 19.4. The van der Waals surface area contributed by atoms with E-state index in [0.717, 1.165) is 18.2 Å². The van der Waals surface area contributed by atoms with Gasteiger partial charge in [-0.05, 0) is 30.7 Å². The summed E-state index contributed by atoms with van der Waals surface area (Å²) < 4.78 is 64.1. The topological polar surface area (TPSA) is 108 Å². The molecule has 2 aromatic rings. The van der Waals surface area contributed by atoms with Gasteiger partial charge in [-0.15, -0.1) is 0 Å². The molecule has 0 aliphatic carbocycles. The molecule has 0 radical (unpaired) electrons. The number of ketones is 1. The molecule has 0 bridgehead atoms. The smallest absolute Gasteiger partial charge is 0.437 e. The SMILES string of the molecule is CCOC(=O)C1[C@@]2(C(=O)Nc3ccc(F)cc32)C(C(=O)c2ccccc2)=C2NCCN2[C@]1(O)C(F)(F)F. The van der Waals surface area contributed by atoms with E-state index in [4.69, 9.17) is 4.74 Å². The maximum Gasteiger partial charge on any atom is 0.437 e. The fourth-order valence-electron chi connectivity index (χ4n) is 5.58. The third-order valence-electron chi connectivity index (χ3n) is 6.99. The van der Waals surface area contributed by atoms with E-state index in [9.17, 15) is 37.1 Å². The molecule has 1 amide bonds. The van der Waals surface area contributed by atoms with Crippen LogP contribution in [0.1, 0.15) is 22.8 Å². The third-order valence-corrected chi connectivity index (χ3v) is 6.99. The van der Waals surface area contributed by atoms with Crippen LogP contribution in [0.2, 0.25) is 0 Å². The molecular formula is C25H21F4N3O5. The number of Topliss-reactive ketones (excluding diaryl/α,β-unsaturated/α-hetero) is 1. The van der Waals surface area contributed by atoms with Gasteiger partial charge in [0.25, 0.3) is 5.72 Å². The lowest BCUT2D eigenvalue weighted by Gasteiger charge is -2.53. The van der Waals surface area contributed by atoms with Gasteiger partial charge in [-0.3, -0.25) is 14.4 Å². The predicted molar refractivity (Wildman–Crippen MR) is 120 cm³/mol. The first-order valence-corrected chi connectivity index (χ1v) is 11.4. The molecule has 1 unspecified atom stereocenters. The molecule has 8 nitrogen and oxygen atoms in total. The molecule has 3 atom stereocenters. The van der Waals surface area contributed by atoms with Gasteiger partial charge in [0.15, 0.2) is 5.78 Å². The van der Waals surface area contributed by atoms with Gasteiger partial charge in [0.1, 0.15) is 23.0 Å². The van der Waals surface area contributed by atoms with E-state index in [1.807, 2.05) is 0 Å². The Hall–Kier alpha value is -3.93. The summed E-state index contributed by atoms with van der Waals surface area (Å²) in [7, 11) is 0. The molecule has 3 heterocycles. The zero-order chi connectivity index (χ0) is 26.8. The van der Waals surface area contributed by atoms with Gasteiger partial charge < -0.3 is 25.4 Å². The van der Waals surface area contributed by atoms with Crippen molar-refractivity contribution in [3.05, 3.63) is 76.9 Å². The first kappa shape index (κ1) is 24.8. The normalized spacial score (nSPS) is 26.5. The summed E-state index contributed by atoms with van der Waals surface area (Å²) in [6.07, 6.45) is -5.51. The van der Waals surface area contributed by atoms with Crippen LogP contribution in [0.25, 0.3) is 0 Å². The molecule has 3 aliphatic heterocycles. The van der Waals surface area contributed by atoms with Gasteiger partial charge in [0.05, 0.1) is 12.2 Å². The Bertz CT molecular complexity index is 1350. The van der Waals surface area contributed by atoms with Crippen LogP contribution < -0.4 is 10.6 Å². The number of alkyl halides is 3. The molecule has 3 aliphatic rings. The second-order valence-electron chi connectivity index (χ2n) is 8.86. The summed E-state index contributed by atoms with van der Waals surface area (Å²) in [6.45, 7) is 0.383. The van der Waals surface area contributed by atoms with Crippen molar-refractivity contribution in [3.8, 4) is 0 Å². The standard InChI is InChI=1S/C25H21F4N3O5/c1-2-37-21(34)19-23(15-12-14(26)8-9-16(15)31-22(23)35)17(18(33)13-6-4-3-5-7-13)20-30-10-11-32(20)24(19,36)25(27,28)29/h3-9,12,19,30,36H,2,10-11H2,1H3,(H,31,35)/t19?,23-,24+/m0/s1. The second kappa shape index (κ2) is 8.30. The van der Waals surface area contributed by atoms with Gasteiger partial charge in [-0.1, -0.05) is 30.3 Å². The number of rotatable bonds is 4. The Morgan fingerprint density at radius 1 is 1.19 bits per heavy atom. The van der Waals surface area contributed by atoms with E-state index in [1.54, 1.807) is 6.07 Å². The minimum Gasteiger partial charge on any atom is -0.466 e. The monoisotopic (exact) mass is 519 g/mol. The Morgan fingerprint density at radius 2 is 1.89 bits per heavy atom. The lowest BCUT2D eigenvalue weighted by atomic mass is 9.58. The number of nitrogens with one attached hydrogen (secondary N) is 2. The van der Waals surface area contributed by atoms with E-state index in [2.05, 4.69) is 10.6 Å². The van der Waals surface area contributed by atoms with Crippen LogP contribution in [0.3, 0.4) is 0 Å². The number of carbonyl (C=O) groups excluding carboxylic acids is 3. The Balaban J connectivity index is 1.96. The second-order valence-corrected chi connectivity index (χ2v) is 8.86. The summed E-state index contributed by atoms with van der Waals surface area (Å²) >= 11 is 0. The van der Waals surface area contributed by atoms with Crippen LogP contribution >= 0.6 is 0 Å². The van der Waals surface area contributed by atoms with Crippen LogP contribution in [0.15, 0.2) is 59.9 Å². The molecule has 3 N–H and O–H groups in total. The fourth-order valence-corrected chi connectivity index (χ4v) is 5.58. The summed E-state index contributed by atoms with van der Waals surface area (Å²) in [5.41, 5.74) is -7.77. The molecule has 0 saturated carbocycles. The largest absolute Gasteiger partial charge is 0.466 e. The number of fused-ring (bicyclic) bond motifs is 3. The number of esters is 1. The maximum absolute atomic E-state index is 14.8. The predicted octanol–water partition coefficient (Wildman–Crippen LogP) is 2.46. The van der Waals surface area contributed by atoms with Gasteiger partial charge in [-0.25, -0.2) is 4.39 Å². The Morgan fingerprint density at radius 3 is 2.54 bits per heavy atom. The van der Waals surface area contributed by atoms with Gasteiger partial charge >= 0.3 is 12.1 Å².